The highest BCUT2D eigenvalue weighted by atomic mass is 35.5. The lowest BCUT2D eigenvalue weighted by molar-refractivity contribution is -0.141. The van der Waals surface area contributed by atoms with Crippen LogP contribution in [0, 0.1) is 11.3 Å². The molecule has 3 aromatic carbocycles. The van der Waals surface area contributed by atoms with Crippen LogP contribution in [0.1, 0.15) is 52.7 Å². The molecule has 0 bridgehead atoms. The molecule has 194 valence electrons. The van der Waals surface area contributed by atoms with E-state index < -0.39 is 12.0 Å². The number of carbonyl (C=O) groups is 1. The number of aromatic nitrogens is 2. The van der Waals surface area contributed by atoms with Gasteiger partial charge in [0, 0.05) is 18.0 Å². The topological polar surface area (TPSA) is 110 Å². The standard InChI is InChI=1S/C31H25ClN4O3/c32-24-14-19(17-33)13-22(16-24)20-5-4-6-21(15-20)27(37)29(39)36-12-9-26-25(18-36)28(38)35-30(34-26)31(10-11-31)23-7-2-1-3-8-23/h1-8,13-16,27,37H,9-12,18H2,(H,34,35,38)/t27-/m1/s1. The van der Waals surface area contributed by atoms with Crippen molar-refractivity contribution in [1.29, 1.82) is 5.26 Å². The number of carbonyl (C=O) groups excluding carboxylic acids is 1. The second kappa shape index (κ2) is 9.81. The van der Waals surface area contributed by atoms with Gasteiger partial charge < -0.3 is 15.0 Å². The van der Waals surface area contributed by atoms with Gasteiger partial charge in [0.2, 0.25) is 0 Å². The van der Waals surface area contributed by atoms with Crippen molar-refractivity contribution in [3.05, 3.63) is 122 Å². The van der Waals surface area contributed by atoms with Crippen molar-refractivity contribution < 1.29 is 9.90 Å². The van der Waals surface area contributed by atoms with E-state index >= 15 is 0 Å². The predicted octanol–water partition coefficient (Wildman–Crippen LogP) is 4.66. The van der Waals surface area contributed by atoms with Gasteiger partial charge in [0.25, 0.3) is 11.5 Å². The Labute approximate surface area is 230 Å². The third-order valence-electron chi connectivity index (χ3n) is 7.71. The first-order valence-electron chi connectivity index (χ1n) is 12.8. The summed E-state index contributed by atoms with van der Waals surface area (Å²) in [4.78, 5) is 35.8. The molecule has 1 saturated carbocycles. The monoisotopic (exact) mass is 536 g/mol. The molecule has 0 saturated heterocycles. The molecule has 2 aliphatic rings. The minimum atomic E-state index is -1.40. The molecule has 1 fully saturated rings. The molecule has 8 heteroatoms. The molecule has 6 rings (SSSR count). The third kappa shape index (κ3) is 4.63. The van der Waals surface area contributed by atoms with E-state index in [1.165, 1.54) is 4.90 Å². The number of rotatable bonds is 5. The molecule has 1 aliphatic heterocycles. The van der Waals surface area contributed by atoms with Crippen molar-refractivity contribution in [1.82, 2.24) is 14.9 Å². The average Bonchev–Trinajstić information content (AvgIpc) is 3.79. The number of benzene rings is 3. The number of nitrogens with zero attached hydrogens (tertiary/aromatic N) is 3. The van der Waals surface area contributed by atoms with E-state index in [2.05, 4.69) is 23.2 Å². The first kappa shape index (κ1) is 25.1. The van der Waals surface area contributed by atoms with Crippen molar-refractivity contribution in [2.45, 2.75) is 37.3 Å². The summed E-state index contributed by atoms with van der Waals surface area (Å²) in [5, 5.41) is 20.7. The summed E-state index contributed by atoms with van der Waals surface area (Å²) in [6.07, 6.45) is 0.901. The lowest BCUT2D eigenvalue weighted by atomic mass is 9.94. The van der Waals surface area contributed by atoms with Gasteiger partial charge >= 0.3 is 0 Å². The zero-order valence-electron chi connectivity index (χ0n) is 21.0. The SMILES string of the molecule is N#Cc1cc(Cl)cc(-c2cccc([C@@H](O)C(=O)N3CCc4nc(C5(c6ccccc6)CC5)[nH]c(=O)c4C3)c2)c1. The van der Waals surface area contributed by atoms with Crippen LogP contribution < -0.4 is 5.56 Å². The van der Waals surface area contributed by atoms with Crippen molar-refractivity contribution in [2.75, 3.05) is 6.54 Å². The Morgan fingerprint density at radius 3 is 2.62 bits per heavy atom. The Morgan fingerprint density at radius 1 is 1.08 bits per heavy atom. The van der Waals surface area contributed by atoms with Gasteiger partial charge in [0.1, 0.15) is 5.82 Å². The Morgan fingerprint density at radius 2 is 1.87 bits per heavy atom. The average molecular weight is 537 g/mol. The van der Waals surface area contributed by atoms with Crippen LogP contribution in [0.25, 0.3) is 11.1 Å². The van der Waals surface area contributed by atoms with Gasteiger partial charge in [-0.2, -0.15) is 5.26 Å². The van der Waals surface area contributed by atoms with Crippen LogP contribution in [0.3, 0.4) is 0 Å². The van der Waals surface area contributed by atoms with Gasteiger partial charge in [-0.1, -0.05) is 60.1 Å². The predicted molar refractivity (Wildman–Crippen MR) is 147 cm³/mol. The number of hydrogen-bond acceptors (Lipinski definition) is 5. The first-order chi connectivity index (χ1) is 18.9. The summed E-state index contributed by atoms with van der Waals surface area (Å²) < 4.78 is 0. The Bertz CT molecular complexity index is 1690. The van der Waals surface area contributed by atoms with E-state index in [0.29, 0.717) is 51.8 Å². The number of fused-ring (bicyclic) bond motifs is 1. The number of hydrogen-bond donors (Lipinski definition) is 2. The van der Waals surface area contributed by atoms with Crippen molar-refractivity contribution in [2.24, 2.45) is 0 Å². The first-order valence-corrected chi connectivity index (χ1v) is 13.2. The molecule has 1 atom stereocenters. The van der Waals surface area contributed by atoms with E-state index in [1.807, 2.05) is 24.3 Å². The van der Waals surface area contributed by atoms with Crippen LogP contribution in [-0.4, -0.2) is 32.4 Å². The smallest absolute Gasteiger partial charge is 0.256 e. The number of aliphatic hydroxyl groups is 1. The number of aromatic amines is 1. The molecule has 0 spiro atoms. The number of amides is 1. The van der Waals surface area contributed by atoms with Crippen LogP contribution in [0.2, 0.25) is 5.02 Å². The molecular formula is C31H25ClN4O3. The molecule has 2 heterocycles. The van der Waals surface area contributed by atoms with E-state index in [0.717, 1.165) is 24.0 Å². The molecular weight excluding hydrogens is 512 g/mol. The number of aliphatic hydroxyl groups excluding tert-OH is 1. The normalized spacial score (nSPS) is 16.2. The fourth-order valence-electron chi connectivity index (χ4n) is 5.41. The van der Waals surface area contributed by atoms with Gasteiger partial charge in [0.15, 0.2) is 6.10 Å². The molecule has 0 radical (unpaired) electrons. The second-order valence-corrected chi connectivity index (χ2v) is 10.6. The van der Waals surface area contributed by atoms with E-state index in [1.54, 1.807) is 36.4 Å². The Balaban J connectivity index is 1.23. The minimum absolute atomic E-state index is 0.0890. The lowest BCUT2D eigenvalue weighted by Crippen LogP contribution is -2.42. The van der Waals surface area contributed by atoms with Crippen molar-refractivity contribution in [3.63, 3.8) is 0 Å². The maximum absolute atomic E-state index is 13.3. The molecule has 0 unspecified atom stereocenters. The highest BCUT2D eigenvalue weighted by Gasteiger charge is 2.48. The van der Waals surface area contributed by atoms with Gasteiger partial charge in [-0.05, 0) is 59.4 Å². The molecule has 1 aliphatic carbocycles. The molecule has 4 aromatic rings. The summed E-state index contributed by atoms with van der Waals surface area (Å²) in [6, 6.07) is 24.2. The van der Waals surface area contributed by atoms with Gasteiger partial charge in [-0.25, -0.2) is 4.98 Å². The van der Waals surface area contributed by atoms with Crippen LogP contribution >= 0.6 is 11.6 Å². The summed E-state index contributed by atoms with van der Waals surface area (Å²) in [6.45, 7) is 0.447. The van der Waals surface area contributed by atoms with Crippen LogP contribution in [0.5, 0.6) is 0 Å². The zero-order valence-corrected chi connectivity index (χ0v) is 21.8. The van der Waals surface area contributed by atoms with Gasteiger partial charge in [0.05, 0.1) is 34.8 Å². The van der Waals surface area contributed by atoms with Gasteiger partial charge in [-0.3, -0.25) is 9.59 Å². The number of nitrogens with one attached hydrogen (secondary N) is 1. The van der Waals surface area contributed by atoms with E-state index in [4.69, 9.17) is 16.6 Å². The second-order valence-electron chi connectivity index (χ2n) is 10.2. The fraction of sp³-hybridized carbons (Fsp3) is 0.226. The molecule has 39 heavy (non-hydrogen) atoms. The summed E-state index contributed by atoms with van der Waals surface area (Å²) >= 11 is 6.16. The van der Waals surface area contributed by atoms with E-state index in [9.17, 15) is 20.0 Å². The maximum Gasteiger partial charge on any atom is 0.256 e. The van der Waals surface area contributed by atoms with E-state index in [-0.39, 0.29) is 17.5 Å². The lowest BCUT2D eigenvalue weighted by Gasteiger charge is -2.30. The zero-order chi connectivity index (χ0) is 27.1. The molecule has 1 aromatic heterocycles. The van der Waals surface area contributed by atoms with Crippen LogP contribution in [0.4, 0.5) is 0 Å². The Kier molecular flexibility index (Phi) is 6.30. The van der Waals surface area contributed by atoms with Crippen LogP contribution in [0.15, 0.2) is 77.6 Å². The largest absolute Gasteiger partial charge is 0.378 e. The minimum Gasteiger partial charge on any atom is -0.378 e. The number of halogens is 1. The number of nitriles is 1. The Hall–Kier alpha value is -4.25. The van der Waals surface area contributed by atoms with Crippen molar-refractivity contribution >= 4 is 17.5 Å². The summed E-state index contributed by atoms with van der Waals surface area (Å²) in [5.41, 5.74) is 4.12. The quantitative estimate of drug-likeness (QED) is 0.385. The summed E-state index contributed by atoms with van der Waals surface area (Å²) in [7, 11) is 0. The molecule has 7 nitrogen and oxygen atoms in total. The highest BCUT2D eigenvalue weighted by molar-refractivity contribution is 6.31. The highest BCUT2D eigenvalue weighted by Crippen LogP contribution is 2.52. The summed E-state index contributed by atoms with van der Waals surface area (Å²) in [5.74, 6) is 0.211. The number of H-pyrrole nitrogens is 1. The third-order valence-corrected chi connectivity index (χ3v) is 7.92. The van der Waals surface area contributed by atoms with Crippen molar-refractivity contribution in [3.8, 4) is 17.2 Å². The van der Waals surface area contributed by atoms with Gasteiger partial charge in [-0.15, -0.1) is 0 Å². The fourth-order valence-corrected chi connectivity index (χ4v) is 5.64. The van der Waals surface area contributed by atoms with Crippen LogP contribution in [-0.2, 0) is 23.2 Å². The molecule has 1 amide bonds. The molecule has 2 N–H and O–H groups in total. The maximum atomic E-state index is 13.3.